The normalized spacial score (nSPS) is 10.6. The first kappa shape index (κ1) is 19.0. The van der Waals surface area contributed by atoms with Crippen LogP contribution < -0.4 is 10.6 Å². The Hall–Kier alpha value is -2.36. The standard InChI is InChI=1S/C17H11Cl2F3N2O/c18-14-8-7-12(10-15(14)19)24-16(25)23-9-3-5-11-4-1-2-6-13(11)17(20,21)22/h1-2,4,6-8,10H,9H2,(H2,23,24,25). The van der Waals surface area contributed by atoms with E-state index in [-0.39, 0.29) is 17.1 Å². The van der Waals surface area contributed by atoms with Gasteiger partial charge in [-0.05, 0) is 30.3 Å². The number of halogens is 5. The van der Waals surface area contributed by atoms with E-state index in [1.807, 2.05) is 0 Å². The predicted molar refractivity (Wildman–Crippen MR) is 91.8 cm³/mol. The summed E-state index contributed by atoms with van der Waals surface area (Å²) in [5.41, 5.74) is -0.549. The molecule has 2 amide bonds. The molecule has 0 aromatic heterocycles. The lowest BCUT2D eigenvalue weighted by Gasteiger charge is -2.08. The largest absolute Gasteiger partial charge is 0.417 e. The van der Waals surface area contributed by atoms with E-state index in [2.05, 4.69) is 22.5 Å². The Balaban J connectivity index is 1.94. The maximum Gasteiger partial charge on any atom is 0.417 e. The monoisotopic (exact) mass is 386 g/mol. The van der Waals surface area contributed by atoms with Crippen molar-refractivity contribution in [2.24, 2.45) is 0 Å². The van der Waals surface area contributed by atoms with Gasteiger partial charge in [-0.25, -0.2) is 4.79 Å². The van der Waals surface area contributed by atoms with Crippen LogP contribution >= 0.6 is 23.2 Å². The van der Waals surface area contributed by atoms with Crippen LogP contribution in [0.3, 0.4) is 0 Å². The van der Waals surface area contributed by atoms with Crippen molar-refractivity contribution >= 4 is 34.9 Å². The van der Waals surface area contributed by atoms with Crippen molar-refractivity contribution in [2.45, 2.75) is 6.18 Å². The molecular formula is C17H11Cl2F3N2O. The van der Waals surface area contributed by atoms with Crippen molar-refractivity contribution < 1.29 is 18.0 Å². The number of urea groups is 1. The summed E-state index contributed by atoms with van der Waals surface area (Å²) in [7, 11) is 0. The lowest BCUT2D eigenvalue weighted by atomic mass is 10.1. The summed E-state index contributed by atoms with van der Waals surface area (Å²) in [6, 6.07) is 8.94. The van der Waals surface area contributed by atoms with E-state index < -0.39 is 17.8 Å². The highest BCUT2D eigenvalue weighted by Crippen LogP contribution is 2.31. The van der Waals surface area contributed by atoms with Crippen LogP contribution in [0.4, 0.5) is 23.7 Å². The van der Waals surface area contributed by atoms with Crippen LogP contribution in [-0.4, -0.2) is 12.6 Å². The fourth-order valence-corrected chi connectivity index (χ4v) is 2.15. The quantitative estimate of drug-likeness (QED) is 0.685. The number of alkyl halides is 3. The number of carbonyl (C=O) groups excluding carboxylic acids is 1. The van der Waals surface area contributed by atoms with Crippen LogP contribution in [0.5, 0.6) is 0 Å². The third-order valence-corrected chi connectivity index (χ3v) is 3.71. The van der Waals surface area contributed by atoms with E-state index in [1.165, 1.54) is 30.3 Å². The highest BCUT2D eigenvalue weighted by Gasteiger charge is 2.32. The first-order valence-electron chi connectivity index (χ1n) is 6.92. The van der Waals surface area contributed by atoms with Crippen molar-refractivity contribution in [1.82, 2.24) is 5.32 Å². The van der Waals surface area contributed by atoms with E-state index in [1.54, 1.807) is 6.07 Å². The second-order valence-corrected chi connectivity index (χ2v) is 5.60. The SMILES string of the molecule is O=C(NCC#Cc1ccccc1C(F)(F)F)Nc1ccc(Cl)c(Cl)c1. The molecule has 130 valence electrons. The Morgan fingerprint density at radius 2 is 1.80 bits per heavy atom. The molecule has 0 aliphatic rings. The van der Waals surface area contributed by atoms with E-state index >= 15 is 0 Å². The summed E-state index contributed by atoms with van der Waals surface area (Å²) in [6.07, 6.45) is -4.48. The van der Waals surface area contributed by atoms with Crippen molar-refractivity contribution in [2.75, 3.05) is 11.9 Å². The molecule has 2 N–H and O–H groups in total. The average Bonchev–Trinajstić information content (AvgIpc) is 2.54. The average molecular weight is 387 g/mol. The zero-order valence-corrected chi connectivity index (χ0v) is 14.1. The Bertz CT molecular complexity index is 842. The van der Waals surface area contributed by atoms with Gasteiger partial charge in [-0.15, -0.1) is 0 Å². The van der Waals surface area contributed by atoms with Crippen molar-refractivity contribution in [3.8, 4) is 11.8 Å². The summed E-state index contributed by atoms with van der Waals surface area (Å²) in [4.78, 5) is 11.7. The Morgan fingerprint density at radius 3 is 2.48 bits per heavy atom. The molecule has 0 radical (unpaired) electrons. The van der Waals surface area contributed by atoms with E-state index in [0.717, 1.165) is 6.07 Å². The Labute approximate surface area is 152 Å². The van der Waals surface area contributed by atoms with Gasteiger partial charge in [-0.2, -0.15) is 13.2 Å². The topological polar surface area (TPSA) is 41.1 Å². The molecule has 0 spiro atoms. The van der Waals surface area contributed by atoms with Gasteiger partial charge in [0.15, 0.2) is 0 Å². The summed E-state index contributed by atoms with van der Waals surface area (Å²) in [5.74, 6) is 4.89. The van der Waals surface area contributed by atoms with Gasteiger partial charge in [0.2, 0.25) is 0 Å². The van der Waals surface area contributed by atoms with Gasteiger partial charge in [-0.3, -0.25) is 0 Å². The number of amides is 2. The van der Waals surface area contributed by atoms with Crippen molar-refractivity contribution in [3.63, 3.8) is 0 Å². The maximum absolute atomic E-state index is 12.8. The smallest absolute Gasteiger partial charge is 0.327 e. The van der Waals surface area contributed by atoms with Gasteiger partial charge in [0.1, 0.15) is 0 Å². The lowest BCUT2D eigenvalue weighted by molar-refractivity contribution is -0.137. The van der Waals surface area contributed by atoms with Crippen molar-refractivity contribution in [1.29, 1.82) is 0 Å². The molecular weight excluding hydrogens is 376 g/mol. The number of hydrogen-bond acceptors (Lipinski definition) is 1. The Morgan fingerprint density at radius 1 is 1.08 bits per heavy atom. The van der Waals surface area contributed by atoms with Gasteiger partial charge in [0.25, 0.3) is 0 Å². The zero-order chi connectivity index (χ0) is 18.4. The minimum atomic E-state index is -4.48. The molecule has 0 saturated carbocycles. The fourth-order valence-electron chi connectivity index (χ4n) is 1.85. The molecule has 0 atom stereocenters. The number of benzene rings is 2. The second kappa shape index (κ2) is 8.15. The fraction of sp³-hybridized carbons (Fsp3) is 0.118. The molecule has 0 heterocycles. The molecule has 0 saturated heterocycles. The minimum absolute atomic E-state index is 0.126. The molecule has 2 aromatic rings. The van der Waals surface area contributed by atoms with Crippen LogP contribution in [0.25, 0.3) is 0 Å². The number of carbonyl (C=O) groups is 1. The summed E-state index contributed by atoms with van der Waals surface area (Å²) >= 11 is 11.6. The first-order chi connectivity index (χ1) is 11.8. The molecule has 3 nitrogen and oxygen atoms in total. The second-order valence-electron chi connectivity index (χ2n) is 4.78. The lowest BCUT2D eigenvalue weighted by Crippen LogP contribution is -2.28. The molecule has 25 heavy (non-hydrogen) atoms. The summed E-state index contributed by atoms with van der Waals surface area (Å²) < 4.78 is 38.5. The number of anilines is 1. The first-order valence-corrected chi connectivity index (χ1v) is 7.68. The van der Waals surface area contributed by atoms with Crippen LogP contribution in [0, 0.1) is 11.8 Å². The third kappa shape index (κ3) is 5.59. The van der Waals surface area contributed by atoms with Crippen LogP contribution in [0.15, 0.2) is 42.5 Å². The van der Waals surface area contributed by atoms with E-state index in [0.29, 0.717) is 10.7 Å². The number of hydrogen-bond donors (Lipinski definition) is 2. The minimum Gasteiger partial charge on any atom is -0.327 e. The molecule has 2 aromatic carbocycles. The Kier molecular flexibility index (Phi) is 6.18. The van der Waals surface area contributed by atoms with E-state index in [9.17, 15) is 18.0 Å². The molecule has 8 heteroatoms. The van der Waals surface area contributed by atoms with Gasteiger partial charge in [-0.1, -0.05) is 47.2 Å². The van der Waals surface area contributed by atoms with E-state index in [4.69, 9.17) is 23.2 Å². The number of rotatable bonds is 2. The van der Waals surface area contributed by atoms with Gasteiger partial charge in [0, 0.05) is 11.3 Å². The number of nitrogens with one attached hydrogen (secondary N) is 2. The maximum atomic E-state index is 12.8. The molecule has 0 aliphatic carbocycles. The van der Waals surface area contributed by atoms with Gasteiger partial charge < -0.3 is 10.6 Å². The summed E-state index contributed by atoms with van der Waals surface area (Å²) in [5, 5.41) is 5.55. The van der Waals surface area contributed by atoms with Crippen LogP contribution in [0.1, 0.15) is 11.1 Å². The third-order valence-electron chi connectivity index (χ3n) is 2.97. The summed E-state index contributed by atoms with van der Waals surface area (Å²) in [6.45, 7) is -0.126. The molecule has 0 fully saturated rings. The van der Waals surface area contributed by atoms with Crippen LogP contribution in [-0.2, 0) is 6.18 Å². The van der Waals surface area contributed by atoms with Gasteiger partial charge >= 0.3 is 12.2 Å². The highest BCUT2D eigenvalue weighted by molar-refractivity contribution is 6.42. The molecule has 0 bridgehead atoms. The predicted octanol–water partition coefficient (Wildman–Crippen LogP) is 5.19. The zero-order valence-electron chi connectivity index (χ0n) is 12.5. The van der Waals surface area contributed by atoms with Crippen LogP contribution in [0.2, 0.25) is 10.0 Å². The molecule has 0 aliphatic heterocycles. The molecule has 2 rings (SSSR count). The van der Waals surface area contributed by atoms with Gasteiger partial charge in [0.05, 0.1) is 22.2 Å². The molecule has 0 unspecified atom stereocenters. The highest BCUT2D eigenvalue weighted by atomic mass is 35.5. The van der Waals surface area contributed by atoms with Crippen molar-refractivity contribution in [3.05, 3.63) is 63.6 Å².